The highest BCUT2D eigenvalue weighted by Crippen LogP contribution is 2.16. The van der Waals surface area contributed by atoms with Crippen molar-refractivity contribution >= 4 is 16.0 Å². The first kappa shape index (κ1) is 16.1. The van der Waals surface area contributed by atoms with Crippen molar-refractivity contribution < 1.29 is 17.9 Å². The standard InChI is InChI=1S/C15H16N2O4S/c1-11(14-5-3-4-10-16-14)17-22(19,20)13-8-6-12(7-9-13)15(18)21-2/h3-11,17H,1-2H3. The first-order valence-electron chi connectivity index (χ1n) is 6.55. The molecule has 0 aliphatic carbocycles. The second-order valence-corrected chi connectivity index (χ2v) is 6.33. The van der Waals surface area contributed by atoms with Gasteiger partial charge < -0.3 is 4.74 Å². The van der Waals surface area contributed by atoms with Crippen molar-refractivity contribution in [2.45, 2.75) is 17.9 Å². The van der Waals surface area contributed by atoms with Gasteiger partial charge in [0.05, 0.1) is 29.3 Å². The van der Waals surface area contributed by atoms with E-state index in [1.165, 1.54) is 31.4 Å². The van der Waals surface area contributed by atoms with Crippen LogP contribution in [0, 0.1) is 0 Å². The van der Waals surface area contributed by atoms with Gasteiger partial charge in [0.1, 0.15) is 0 Å². The molecule has 0 saturated heterocycles. The van der Waals surface area contributed by atoms with Crippen molar-refractivity contribution in [2.75, 3.05) is 7.11 Å². The van der Waals surface area contributed by atoms with Crippen LogP contribution in [0.2, 0.25) is 0 Å². The Bertz CT molecular complexity index is 743. The maximum atomic E-state index is 12.3. The fraction of sp³-hybridized carbons (Fsp3) is 0.200. The van der Waals surface area contributed by atoms with E-state index in [1.54, 1.807) is 31.3 Å². The van der Waals surface area contributed by atoms with Gasteiger partial charge in [-0.3, -0.25) is 4.98 Å². The minimum Gasteiger partial charge on any atom is -0.465 e. The number of nitrogens with one attached hydrogen (secondary N) is 1. The van der Waals surface area contributed by atoms with Crippen LogP contribution in [0.1, 0.15) is 29.0 Å². The number of methoxy groups -OCH3 is 1. The van der Waals surface area contributed by atoms with E-state index >= 15 is 0 Å². The molecule has 1 N–H and O–H groups in total. The van der Waals surface area contributed by atoms with Crippen LogP contribution in [0.25, 0.3) is 0 Å². The van der Waals surface area contributed by atoms with Gasteiger partial charge in [0.2, 0.25) is 10.0 Å². The van der Waals surface area contributed by atoms with E-state index in [0.717, 1.165) is 0 Å². The fourth-order valence-electron chi connectivity index (χ4n) is 1.88. The topological polar surface area (TPSA) is 85.4 Å². The summed E-state index contributed by atoms with van der Waals surface area (Å²) in [7, 11) is -2.43. The Kier molecular flexibility index (Phi) is 4.89. The Labute approximate surface area is 129 Å². The SMILES string of the molecule is COC(=O)c1ccc(S(=O)(=O)NC(C)c2ccccn2)cc1. The van der Waals surface area contributed by atoms with E-state index in [9.17, 15) is 13.2 Å². The number of nitrogens with zero attached hydrogens (tertiary/aromatic N) is 1. The van der Waals surface area contributed by atoms with Crippen LogP contribution >= 0.6 is 0 Å². The quantitative estimate of drug-likeness (QED) is 0.851. The minimum atomic E-state index is -3.70. The molecule has 0 radical (unpaired) electrons. The molecule has 1 aromatic heterocycles. The maximum Gasteiger partial charge on any atom is 0.337 e. The highest BCUT2D eigenvalue weighted by Gasteiger charge is 2.19. The van der Waals surface area contributed by atoms with Gasteiger partial charge in [-0.2, -0.15) is 0 Å². The van der Waals surface area contributed by atoms with Gasteiger partial charge in [0.25, 0.3) is 0 Å². The van der Waals surface area contributed by atoms with Gasteiger partial charge >= 0.3 is 5.97 Å². The highest BCUT2D eigenvalue weighted by molar-refractivity contribution is 7.89. The van der Waals surface area contributed by atoms with Crippen LogP contribution < -0.4 is 4.72 Å². The molecule has 0 bridgehead atoms. The number of hydrogen-bond acceptors (Lipinski definition) is 5. The predicted molar refractivity (Wildman–Crippen MR) is 80.8 cm³/mol. The Balaban J connectivity index is 2.18. The van der Waals surface area contributed by atoms with E-state index in [2.05, 4.69) is 14.4 Å². The highest BCUT2D eigenvalue weighted by atomic mass is 32.2. The van der Waals surface area contributed by atoms with E-state index in [-0.39, 0.29) is 4.90 Å². The molecule has 1 aromatic carbocycles. The molecular weight excluding hydrogens is 304 g/mol. The number of esters is 1. The summed E-state index contributed by atoms with van der Waals surface area (Å²) in [5, 5.41) is 0. The molecule has 116 valence electrons. The van der Waals surface area contributed by atoms with Crippen molar-refractivity contribution in [1.82, 2.24) is 9.71 Å². The number of benzene rings is 1. The molecule has 0 aliphatic rings. The Morgan fingerprint density at radius 3 is 2.41 bits per heavy atom. The number of aromatic nitrogens is 1. The normalized spacial score (nSPS) is 12.6. The third kappa shape index (κ3) is 3.69. The molecule has 0 spiro atoms. The Morgan fingerprint density at radius 2 is 1.86 bits per heavy atom. The first-order valence-corrected chi connectivity index (χ1v) is 8.04. The second-order valence-electron chi connectivity index (χ2n) is 4.61. The number of hydrogen-bond donors (Lipinski definition) is 1. The van der Waals surface area contributed by atoms with Crippen LogP contribution in [0.4, 0.5) is 0 Å². The number of sulfonamides is 1. The smallest absolute Gasteiger partial charge is 0.337 e. The Hall–Kier alpha value is -2.25. The fourth-order valence-corrected chi connectivity index (χ4v) is 3.10. The molecule has 1 atom stereocenters. The number of carbonyl (C=O) groups is 1. The maximum absolute atomic E-state index is 12.3. The van der Waals surface area contributed by atoms with Crippen LogP contribution in [0.15, 0.2) is 53.6 Å². The zero-order valence-electron chi connectivity index (χ0n) is 12.2. The molecule has 1 heterocycles. The van der Waals surface area contributed by atoms with E-state index in [4.69, 9.17) is 0 Å². The van der Waals surface area contributed by atoms with Crippen molar-refractivity contribution in [3.05, 3.63) is 59.9 Å². The predicted octanol–water partition coefficient (Wildman–Crippen LogP) is 1.91. The molecule has 0 aliphatic heterocycles. The Morgan fingerprint density at radius 1 is 1.18 bits per heavy atom. The largest absolute Gasteiger partial charge is 0.465 e. The molecule has 0 saturated carbocycles. The van der Waals surface area contributed by atoms with Crippen LogP contribution in [-0.2, 0) is 14.8 Å². The lowest BCUT2D eigenvalue weighted by atomic mass is 10.2. The summed E-state index contributed by atoms with van der Waals surface area (Å²) in [4.78, 5) is 15.5. The summed E-state index contributed by atoms with van der Waals surface area (Å²) in [6, 6.07) is 10.4. The molecule has 7 heteroatoms. The second kappa shape index (κ2) is 6.67. The lowest BCUT2D eigenvalue weighted by Crippen LogP contribution is -2.27. The number of ether oxygens (including phenoxy) is 1. The lowest BCUT2D eigenvalue weighted by Gasteiger charge is -2.13. The number of pyridine rings is 1. The van der Waals surface area contributed by atoms with Crippen LogP contribution in [0.3, 0.4) is 0 Å². The summed E-state index contributed by atoms with van der Waals surface area (Å²) in [6.07, 6.45) is 1.60. The average molecular weight is 320 g/mol. The third-order valence-electron chi connectivity index (χ3n) is 3.05. The molecular formula is C15H16N2O4S. The summed E-state index contributed by atoms with van der Waals surface area (Å²) in [5.41, 5.74) is 0.913. The summed E-state index contributed by atoms with van der Waals surface area (Å²) >= 11 is 0. The zero-order valence-corrected chi connectivity index (χ0v) is 13.0. The number of rotatable bonds is 5. The summed E-state index contributed by atoms with van der Waals surface area (Å²) in [5.74, 6) is -0.515. The monoisotopic (exact) mass is 320 g/mol. The molecule has 1 unspecified atom stereocenters. The zero-order chi connectivity index (χ0) is 16.2. The van der Waals surface area contributed by atoms with Crippen LogP contribution in [-0.4, -0.2) is 26.5 Å². The molecule has 22 heavy (non-hydrogen) atoms. The minimum absolute atomic E-state index is 0.0722. The van der Waals surface area contributed by atoms with Crippen molar-refractivity contribution in [1.29, 1.82) is 0 Å². The summed E-state index contributed by atoms with van der Waals surface area (Å²) in [6.45, 7) is 1.71. The molecule has 2 rings (SSSR count). The summed E-state index contributed by atoms with van der Waals surface area (Å²) < 4.78 is 31.7. The molecule has 0 amide bonds. The lowest BCUT2D eigenvalue weighted by molar-refractivity contribution is 0.0600. The van der Waals surface area contributed by atoms with E-state index < -0.39 is 22.0 Å². The number of carbonyl (C=O) groups excluding carboxylic acids is 1. The first-order chi connectivity index (χ1) is 10.4. The van der Waals surface area contributed by atoms with Crippen molar-refractivity contribution in [2.24, 2.45) is 0 Å². The third-order valence-corrected chi connectivity index (χ3v) is 4.61. The van der Waals surface area contributed by atoms with Gasteiger partial charge in [-0.25, -0.2) is 17.9 Å². The van der Waals surface area contributed by atoms with Gasteiger partial charge in [-0.15, -0.1) is 0 Å². The molecule has 2 aromatic rings. The van der Waals surface area contributed by atoms with Gasteiger partial charge in [-0.05, 0) is 43.3 Å². The van der Waals surface area contributed by atoms with E-state index in [1.807, 2.05) is 0 Å². The van der Waals surface area contributed by atoms with E-state index in [0.29, 0.717) is 11.3 Å². The van der Waals surface area contributed by atoms with Crippen molar-refractivity contribution in [3.8, 4) is 0 Å². The molecule has 6 nitrogen and oxygen atoms in total. The average Bonchev–Trinajstić information content (AvgIpc) is 2.54. The van der Waals surface area contributed by atoms with Gasteiger partial charge in [0.15, 0.2) is 0 Å². The van der Waals surface area contributed by atoms with Gasteiger partial charge in [0, 0.05) is 6.20 Å². The van der Waals surface area contributed by atoms with Crippen molar-refractivity contribution in [3.63, 3.8) is 0 Å². The van der Waals surface area contributed by atoms with Crippen LogP contribution in [0.5, 0.6) is 0 Å². The van der Waals surface area contributed by atoms with Gasteiger partial charge in [-0.1, -0.05) is 6.07 Å². The molecule has 0 fully saturated rings.